The highest BCUT2D eigenvalue weighted by Gasteiger charge is 2.43. The molecular formula is C9H4ClF6NO2. The molecule has 0 spiro atoms. The lowest BCUT2D eigenvalue weighted by Crippen LogP contribution is -2.15. The van der Waals surface area contributed by atoms with E-state index in [1.807, 2.05) is 0 Å². The van der Waals surface area contributed by atoms with Crippen LogP contribution >= 0.6 is 11.6 Å². The lowest BCUT2D eigenvalue weighted by Gasteiger charge is -2.14. The third-order valence-electron chi connectivity index (χ3n) is 2.15. The van der Waals surface area contributed by atoms with Gasteiger partial charge in [-0.25, -0.2) is 0 Å². The second-order valence-corrected chi connectivity index (χ2v) is 3.69. The van der Waals surface area contributed by atoms with E-state index >= 15 is 0 Å². The van der Waals surface area contributed by atoms with Crippen molar-refractivity contribution in [3.8, 4) is 0 Å². The van der Waals surface area contributed by atoms with Crippen LogP contribution in [0.2, 0.25) is 0 Å². The zero-order chi connectivity index (χ0) is 15.0. The van der Waals surface area contributed by atoms with Gasteiger partial charge in [-0.2, -0.15) is 26.3 Å². The van der Waals surface area contributed by atoms with E-state index in [4.69, 9.17) is 11.6 Å². The van der Waals surface area contributed by atoms with Gasteiger partial charge in [0.1, 0.15) is 5.56 Å². The lowest BCUT2D eigenvalue weighted by atomic mass is 10.0. The summed E-state index contributed by atoms with van der Waals surface area (Å²) in [6.45, 7) is 0. The summed E-state index contributed by atoms with van der Waals surface area (Å²) in [5.41, 5.74) is -5.91. The fourth-order valence-corrected chi connectivity index (χ4v) is 1.60. The second kappa shape index (κ2) is 4.87. The molecule has 0 saturated heterocycles. The van der Waals surface area contributed by atoms with E-state index in [0.717, 1.165) is 0 Å². The SMILES string of the molecule is O=[N+]([O-])c1c(CCl)cc(C(F)(F)F)cc1C(F)(F)F. The van der Waals surface area contributed by atoms with Crippen molar-refractivity contribution in [1.29, 1.82) is 0 Å². The van der Waals surface area contributed by atoms with E-state index in [9.17, 15) is 36.5 Å². The van der Waals surface area contributed by atoms with E-state index < -0.39 is 45.5 Å². The normalized spacial score (nSPS) is 12.6. The molecule has 0 aromatic heterocycles. The minimum Gasteiger partial charge on any atom is -0.258 e. The quantitative estimate of drug-likeness (QED) is 0.352. The van der Waals surface area contributed by atoms with E-state index in [1.165, 1.54) is 0 Å². The number of rotatable bonds is 2. The molecule has 1 rings (SSSR count). The van der Waals surface area contributed by atoms with Gasteiger partial charge in [0.25, 0.3) is 5.69 Å². The molecule has 0 N–H and O–H groups in total. The predicted octanol–water partition coefficient (Wildman–Crippen LogP) is 4.37. The monoisotopic (exact) mass is 307 g/mol. The second-order valence-electron chi connectivity index (χ2n) is 3.42. The van der Waals surface area contributed by atoms with E-state index in [-0.39, 0.29) is 12.1 Å². The van der Waals surface area contributed by atoms with Gasteiger partial charge in [-0.05, 0) is 12.1 Å². The Hall–Kier alpha value is -1.51. The maximum Gasteiger partial charge on any atom is 0.423 e. The number of benzene rings is 1. The third-order valence-corrected chi connectivity index (χ3v) is 2.44. The maximum atomic E-state index is 12.6. The highest BCUT2D eigenvalue weighted by Crippen LogP contribution is 2.42. The number of alkyl halides is 7. The van der Waals surface area contributed by atoms with Crippen molar-refractivity contribution in [2.45, 2.75) is 18.2 Å². The van der Waals surface area contributed by atoms with E-state index in [1.54, 1.807) is 0 Å². The number of halogens is 7. The van der Waals surface area contributed by atoms with E-state index in [0.29, 0.717) is 0 Å². The molecule has 0 saturated carbocycles. The van der Waals surface area contributed by atoms with Gasteiger partial charge < -0.3 is 0 Å². The molecule has 0 unspecified atom stereocenters. The fraction of sp³-hybridized carbons (Fsp3) is 0.333. The van der Waals surface area contributed by atoms with Gasteiger partial charge in [0, 0.05) is 5.56 Å². The lowest BCUT2D eigenvalue weighted by molar-refractivity contribution is -0.388. The van der Waals surface area contributed by atoms with Crippen LogP contribution in [0.4, 0.5) is 32.0 Å². The summed E-state index contributed by atoms with van der Waals surface area (Å²) in [7, 11) is 0. The standard InChI is InChI=1S/C9H4ClF6NO2/c10-3-4-1-5(8(11,12)13)2-6(9(14,15)16)7(4)17(18)19/h1-2H,3H2. The zero-order valence-electron chi connectivity index (χ0n) is 8.77. The van der Waals surface area contributed by atoms with Crippen LogP contribution in [0.15, 0.2) is 12.1 Å². The molecule has 0 aliphatic rings. The highest BCUT2D eigenvalue weighted by molar-refractivity contribution is 6.17. The Morgan fingerprint density at radius 2 is 1.63 bits per heavy atom. The van der Waals surface area contributed by atoms with Crippen molar-refractivity contribution in [3.05, 3.63) is 38.9 Å². The molecular weight excluding hydrogens is 304 g/mol. The average Bonchev–Trinajstić information content (AvgIpc) is 2.24. The van der Waals surface area contributed by atoms with Crippen LogP contribution in [-0.2, 0) is 18.2 Å². The van der Waals surface area contributed by atoms with Gasteiger partial charge >= 0.3 is 12.4 Å². The number of nitrogens with zero attached hydrogens (tertiary/aromatic N) is 1. The minimum atomic E-state index is -5.29. The molecule has 1 aromatic carbocycles. The van der Waals surface area contributed by atoms with Crippen molar-refractivity contribution in [1.82, 2.24) is 0 Å². The first kappa shape index (κ1) is 15.5. The van der Waals surface area contributed by atoms with Crippen molar-refractivity contribution in [2.24, 2.45) is 0 Å². The van der Waals surface area contributed by atoms with Gasteiger partial charge in [-0.15, -0.1) is 11.6 Å². The molecule has 106 valence electrons. The average molecular weight is 308 g/mol. The first-order valence-electron chi connectivity index (χ1n) is 4.50. The summed E-state index contributed by atoms with van der Waals surface area (Å²) >= 11 is 5.18. The Bertz CT molecular complexity index is 511. The number of nitro benzene ring substituents is 1. The number of hydrogen-bond donors (Lipinski definition) is 0. The molecule has 0 amide bonds. The van der Waals surface area contributed by atoms with Gasteiger partial charge in [-0.3, -0.25) is 10.1 Å². The molecule has 1 aromatic rings. The summed E-state index contributed by atoms with van der Waals surface area (Å²) in [6, 6.07) is -0.0610. The smallest absolute Gasteiger partial charge is 0.258 e. The molecule has 10 heteroatoms. The Labute approximate surface area is 106 Å². The van der Waals surface area contributed by atoms with Crippen LogP contribution in [0, 0.1) is 10.1 Å². The van der Waals surface area contributed by atoms with Crippen LogP contribution < -0.4 is 0 Å². The predicted molar refractivity (Wildman–Crippen MR) is 52.7 cm³/mol. The molecule has 0 atom stereocenters. The number of nitro groups is 1. The van der Waals surface area contributed by atoms with Crippen LogP contribution in [0.3, 0.4) is 0 Å². The Morgan fingerprint density at radius 3 is 1.95 bits per heavy atom. The van der Waals surface area contributed by atoms with Crippen LogP contribution in [-0.4, -0.2) is 4.92 Å². The van der Waals surface area contributed by atoms with Crippen LogP contribution in [0.5, 0.6) is 0 Å². The summed E-state index contributed by atoms with van der Waals surface area (Å²) in [4.78, 5) is 9.17. The summed E-state index contributed by atoms with van der Waals surface area (Å²) < 4.78 is 75.0. The first-order valence-corrected chi connectivity index (χ1v) is 5.03. The Balaban J connectivity index is 3.70. The molecule has 0 bridgehead atoms. The molecule has 0 aliphatic heterocycles. The largest absolute Gasteiger partial charge is 0.423 e. The fourth-order valence-electron chi connectivity index (χ4n) is 1.39. The topological polar surface area (TPSA) is 43.1 Å². The van der Waals surface area contributed by atoms with Crippen LogP contribution in [0.1, 0.15) is 16.7 Å². The molecule has 0 fully saturated rings. The zero-order valence-corrected chi connectivity index (χ0v) is 9.53. The highest BCUT2D eigenvalue weighted by atomic mass is 35.5. The third kappa shape index (κ3) is 3.28. The van der Waals surface area contributed by atoms with Crippen molar-refractivity contribution < 1.29 is 31.3 Å². The molecule has 0 radical (unpaired) electrons. The van der Waals surface area contributed by atoms with Crippen molar-refractivity contribution in [3.63, 3.8) is 0 Å². The van der Waals surface area contributed by atoms with Gasteiger partial charge in [0.15, 0.2) is 0 Å². The van der Waals surface area contributed by atoms with Crippen LogP contribution in [0.25, 0.3) is 0 Å². The molecule has 0 heterocycles. The van der Waals surface area contributed by atoms with Crippen molar-refractivity contribution >= 4 is 17.3 Å². The summed E-state index contributed by atoms with van der Waals surface area (Å²) in [5, 5.41) is 10.6. The summed E-state index contributed by atoms with van der Waals surface area (Å²) in [5.74, 6) is -0.844. The Morgan fingerprint density at radius 1 is 1.11 bits per heavy atom. The molecule has 3 nitrogen and oxygen atoms in total. The van der Waals surface area contributed by atoms with Gasteiger partial charge in [0.2, 0.25) is 0 Å². The van der Waals surface area contributed by atoms with Gasteiger partial charge in [0.05, 0.1) is 16.4 Å². The summed E-state index contributed by atoms with van der Waals surface area (Å²) in [6.07, 6.45) is -10.3. The number of hydrogen-bond acceptors (Lipinski definition) is 2. The minimum absolute atomic E-state index is 0.236. The molecule has 0 aliphatic carbocycles. The Kier molecular flexibility index (Phi) is 3.99. The maximum absolute atomic E-state index is 12.6. The van der Waals surface area contributed by atoms with Crippen molar-refractivity contribution in [2.75, 3.05) is 0 Å². The van der Waals surface area contributed by atoms with E-state index in [2.05, 4.69) is 0 Å². The van der Waals surface area contributed by atoms with Gasteiger partial charge in [-0.1, -0.05) is 0 Å². The first-order chi connectivity index (χ1) is 8.48. The molecule has 19 heavy (non-hydrogen) atoms.